The van der Waals surface area contributed by atoms with Gasteiger partial charge in [-0.25, -0.2) is 0 Å². The quantitative estimate of drug-likeness (QED) is 0.308. The number of hydrogen-bond acceptors (Lipinski definition) is 4. The van der Waals surface area contributed by atoms with Crippen LogP contribution in [0.2, 0.25) is 0 Å². The van der Waals surface area contributed by atoms with E-state index >= 15 is 0 Å². The molecule has 1 atom stereocenters. The summed E-state index contributed by atoms with van der Waals surface area (Å²) in [6, 6.07) is 13.7. The summed E-state index contributed by atoms with van der Waals surface area (Å²) in [5.74, 6) is 0.603. The average molecular weight is 398 g/mol. The van der Waals surface area contributed by atoms with Crippen LogP contribution in [0.5, 0.6) is 0 Å². The van der Waals surface area contributed by atoms with Crippen molar-refractivity contribution in [2.45, 2.75) is 26.4 Å². The van der Waals surface area contributed by atoms with Crippen LogP contribution >= 0.6 is 0 Å². The molecular weight excluding hydrogens is 366 g/mol. The van der Waals surface area contributed by atoms with Gasteiger partial charge in [-0.3, -0.25) is 14.8 Å². The first kappa shape index (κ1) is 22.4. The van der Waals surface area contributed by atoms with Gasteiger partial charge < -0.3 is 20.7 Å². The first-order valence-electron chi connectivity index (χ1n) is 10.1. The van der Waals surface area contributed by atoms with Gasteiger partial charge in [-0.2, -0.15) is 0 Å². The number of benzene rings is 1. The van der Waals surface area contributed by atoms with Crippen molar-refractivity contribution >= 4 is 11.9 Å². The number of hydrogen-bond donors (Lipinski definition) is 3. The molecule has 1 amide bonds. The molecule has 1 aromatic heterocycles. The van der Waals surface area contributed by atoms with Crippen molar-refractivity contribution in [1.82, 2.24) is 20.9 Å². The molecule has 7 heteroatoms. The summed E-state index contributed by atoms with van der Waals surface area (Å²) < 4.78 is 5.87. The van der Waals surface area contributed by atoms with Gasteiger partial charge in [-0.1, -0.05) is 30.3 Å². The molecule has 0 saturated heterocycles. The van der Waals surface area contributed by atoms with E-state index in [1.165, 1.54) is 5.56 Å². The summed E-state index contributed by atoms with van der Waals surface area (Å²) in [6.07, 6.45) is 4.11. The Morgan fingerprint density at radius 3 is 2.62 bits per heavy atom. The molecule has 0 fully saturated rings. The van der Waals surface area contributed by atoms with Crippen molar-refractivity contribution in [1.29, 1.82) is 0 Å². The second kappa shape index (κ2) is 13.3. The zero-order chi connectivity index (χ0) is 20.7. The van der Waals surface area contributed by atoms with Gasteiger partial charge in [-0.05, 0) is 38.0 Å². The highest BCUT2D eigenvalue weighted by atomic mass is 16.5. The minimum Gasteiger partial charge on any atom is -0.374 e. The van der Waals surface area contributed by atoms with Crippen molar-refractivity contribution in [3.8, 4) is 0 Å². The van der Waals surface area contributed by atoms with E-state index in [1.807, 2.05) is 25.1 Å². The Morgan fingerprint density at radius 1 is 1.10 bits per heavy atom. The molecule has 3 N–H and O–H groups in total. The monoisotopic (exact) mass is 397 g/mol. The lowest BCUT2D eigenvalue weighted by Gasteiger charge is -2.14. The van der Waals surface area contributed by atoms with Crippen molar-refractivity contribution in [2.75, 3.05) is 32.8 Å². The number of amides is 1. The maximum Gasteiger partial charge on any atom is 0.252 e. The van der Waals surface area contributed by atoms with Crippen LogP contribution in [0.15, 0.2) is 59.9 Å². The maximum atomic E-state index is 12.0. The Balaban J connectivity index is 1.63. The summed E-state index contributed by atoms with van der Waals surface area (Å²) in [5.41, 5.74) is 1.73. The van der Waals surface area contributed by atoms with E-state index in [-0.39, 0.29) is 12.0 Å². The number of rotatable bonds is 11. The predicted molar refractivity (Wildman–Crippen MR) is 116 cm³/mol. The number of aromatic nitrogens is 1. The van der Waals surface area contributed by atoms with Crippen LogP contribution in [0.1, 0.15) is 42.3 Å². The number of aliphatic imine (C=N–C) groups is 1. The molecule has 0 saturated carbocycles. The fourth-order valence-electron chi connectivity index (χ4n) is 2.63. The van der Waals surface area contributed by atoms with Crippen molar-refractivity contribution in [3.05, 3.63) is 66.0 Å². The van der Waals surface area contributed by atoms with Gasteiger partial charge in [0.15, 0.2) is 5.96 Å². The minimum absolute atomic E-state index is 0.0787. The van der Waals surface area contributed by atoms with E-state index in [2.05, 4.69) is 45.0 Å². The molecule has 2 aromatic rings. The Kier molecular flexibility index (Phi) is 10.2. The summed E-state index contributed by atoms with van der Waals surface area (Å²) in [5, 5.41) is 9.28. The van der Waals surface area contributed by atoms with E-state index in [0.29, 0.717) is 31.8 Å². The van der Waals surface area contributed by atoms with Crippen LogP contribution in [-0.2, 0) is 4.74 Å². The number of carbonyl (C=O) groups excluding carboxylic acids is 1. The van der Waals surface area contributed by atoms with E-state index in [1.54, 1.807) is 24.5 Å². The molecule has 1 heterocycles. The number of carbonyl (C=O) groups is 1. The number of ether oxygens (including phenoxy) is 1. The topological polar surface area (TPSA) is 87.6 Å². The fraction of sp³-hybridized carbons (Fsp3) is 0.409. The van der Waals surface area contributed by atoms with Crippen LogP contribution < -0.4 is 16.0 Å². The molecule has 0 aliphatic rings. The SMILES string of the molecule is CCNC(=NCCCOC(C)c1ccccc1)NCCNC(=O)c1cccnc1. The molecule has 0 spiro atoms. The molecule has 1 unspecified atom stereocenters. The Labute approximate surface area is 173 Å². The molecule has 156 valence electrons. The Hall–Kier alpha value is -2.93. The minimum atomic E-state index is -0.133. The highest BCUT2D eigenvalue weighted by Gasteiger charge is 2.05. The van der Waals surface area contributed by atoms with Gasteiger partial charge in [0.05, 0.1) is 11.7 Å². The Bertz CT molecular complexity index is 737. The van der Waals surface area contributed by atoms with Gasteiger partial charge in [-0.15, -0.1) is 0 Å². The summed E-state index contributed by atoms with van der Waals surface area (Å²) >= 11 is 0. The standard InChI is InChI=1S/C22H31N5O2/c1-3-24-22(27-15-14-25-21(28)20-11-7-12-23-17-20)26-13-8-16-29-18(2)19-9-5-4-6-10-19/h4-7,9-12,17-18H,3,8,13-16H2,1-2H3,(H,25,28)(H2,24,26,27). The third kappa shape index (κ3) is 8.74. The smallest absolute Gasteiger partial charge is 0.252 e. The highest BCUT2D eigenvalue weighted by molar-refractivity contribution is 5.93. The molecular formula is C22H31N5O2. The molecule has 7 nitrogen and oxygen atoms in total. The summed E-state index contributed by atoms with van der Waals surface area (Å²) in [6.45, 7) is 7.25. The molecule has 2 rings (SSSR count). The van der Waals surface area contributed by atoms with E-state index in [9.17, 15) is 4.79 Å². The first-order chi connectivity index (χ1) is 14.2. The third-order valence-electron chi connectivity index (χ3n) is 4.18. The van der Waals surface area contributed by atoms with Gasteiger partial charge in [0.25, 0.3) is 5.91 Å². The van der Waals surface area contributed by atoms with Gasteiger partial charge in [0.1, 0.15) is 0 Å². The van der Waals surface area contributed by atoms with E-state index in [0.717, 1.165) is 18.9 Å². The molecule has 0 aliphatic heterocycles. The van der Waals surface area contributed by atoms with E-state index < -0.39 is 0 Å². The lowest BCUT2D eigenvalue weighted by Crippen LogP contribution is -2.41. The average Bonchev–Trinajstić information content (AvgIpc) is 2.77. The van der Waals surface area contributed by atoms with Crippen LogP contribution in [0.25, 0.3) is 0 Å². The maximum absolute atomic E-state index is 12.0. The number of guanidine groups is 1. The van der Waals surface area contributed by atoms with Crippen LogP contribution in [0, 0.1) is 0 Å². The summed E-state index contributed by atoms with van der Waals surface area (Å²) in [4.78, 5) is 20.5. The number of nitrogens with one attached hydrogen (secondary N) is 3. The molecule has 1 aromatic carbocycles. The zero-order valence-electron chi connectivity index (χ0n) is 17.2. The molecule has 0 radical (unpaired) electrons. The van der Waals surface area contributed by atoms with E-state index in [4.69, 9.17) is 4.74 Å². The van der Waals surface area contributed by atoms with Crippen LogP contribution in [-0.4, -0.2) is 49.6 Å². The second-order valence-corrected chi connectivity index (χ2v) is 6.46. The molecule has 29 heavy (non-hydrogen) atoms. The first-order valence-corrected chi connectivity index (χ1v) is 10.1. The lowest BCUT2D eigenvalue weighted by molar-refractivity contribution is 0.0652. The lowest BCUT2D eigenvalue weighted by atomic mass is 10.1. The fourth-order valence-corrected chi connectivity index (χ4v) is 2.63. The molecule has 0 aliphatic carbocycles. The van der Waals surface area contributed by atoms with Crippen LogP contribution in [0.4, 0.5) is 0 Å². The van der Waals surface area contributed by atoms with Crippen molar-refractivity contribution < 1.29 is 9.53 Å². The van der Waals surface area contributed by atoms with Gasteiger partial charge in [0, 0.05) is 45.2 Å². The Morgan fingerprint density at radius 2 is 1.90 bits per heavy atom. The zero-order valence-corrected chi connectivity index (χ0v) is 17.2. The highest BCUT2D eigenvalue weighted by Crippen LogP contribution is 2.15. The molecule has 0 bridgehead atoms. The largest absolute Gasteiger partial charge is 0.374 e. The number of nitrogens with zero attached hydrogens (tertiary/aromatic N) is 2. The third-order valence-corrected chi connectivity index (χ3v) is 4.18. The summed E-state index contributed by atoms with van der Waals surface area (Å²) in [7, 11) is 0. The van der Waals surface area contributed by atoms with Crippen molar-refractivity contribution in [3.63, 3.8) is 0 Å². The predicted octanol–water partition coefficient (Wildman–Crippen LogP) is 2.53. The number of pyridine rings is 1. The normalized spacial score (nSPS) is 12.3. The van der Waals surface area contributed by atoms with Gasteiger partial charge in [0.2, 0.25) is 0 Å². The van der Waals surface area contributed by atoms with Gasteiger partial charge >= 0.3 is 0 Å². The van der Waals surface area contributed by atoms with Crippen LogP contribution in [0.3, 0.4) is 0 Å². The second-order valence-electron chi connectivity index (χ2n) is 6.46. The van der Waals surface area contributed by atoms with Crippen molar-refractivity contribution in [2.24, 2.45) is 4.99 Å².